The highest BCUT2D eigenvalue weighted by molar-refractivity contribution is 7.22. The molecule has 4 aromatic rings. The molecule has 1 unspecified atom stereocenters. The van der Waals surface area contributed by atoms with Crippen molar-refractivity contribution < 1.29 is 24.2 Å². The highest BCUT2D eigenvalue weighted by Gasteiger charge is 2.48. The van der Waals surface area contributed by atoms with Crippen LogP contribution in [0.4, 0.5) is 5.13 Å². The van der Waals surface area contributed by atoms with Crippen LogP contribution in [-0.2, 0) is 9.59 Å². The van der Waals surface area contributed by atoms with Crippen LogP contribution in [0.1, 0.15) is 54.1 Å². The number of aryl methyl sites for hydroxylation is 3. The molecule has 1 amide bonds. The zero-order valence-corrected chi connectivity index (χ0v) is 25.0. The molecule has 2 heterocycles. The van der Waals surface area contributed by atoms with E-state index in [4.69, 9.17) is 14.5 Å². The van der Waals surface area contributed by atoms with Crippen LogP contribution in [0.15, 0.2) is 60.2 Å². The van der Waals surface area contributed by atoms with Crippen molar-refractivity contribution in [3.05, 3.63) is 88.0 Å². The third-order valence-corrected chi connectivity index (χ3v) is 8.25. The number of aliphatic hydroxyl groups excluding tert-OH is 1. The Hall–Kier alpha value is -4.17. The number of thiazole rings is 1. The lowest BCUT2D eigenvalue weighted by Gasteiger charge is -2.24. The van der Waals surface area contributed by atoms with E-state index >= 15 is 0 Å². The number of amides is 1. The van der Waals surface area contributed by atoms with Crippen molar-refractivity contribution >= 4 is 44.1 Å². The fourth-order valence-corrected chi connectivity index (χ4v) is 6.22. The fourth-order valence-electron chi connectivity index (χ4n) is 5.05. The van der Waals surface area contributed by atoms with Gasteiger partial charge in [0.25, 0.3) is 5.78 Å². The van der Waals surface area contributed by atoms with E-state index in [1.807, 2.05) is 51.1 Å². The molecule has 0 radical (unpaired) electrons. The summed E-state index contributed by atoms with van der Waals surface area (Å²) in [6, 6.07) is 15.7. The Morgan fingerprint density at radius 3 is 2.41 bits per heavy atom. The highest BCUT2D eigenvalue weighted by Crippen LogP contribution is 2.46. The summed E-state index contributed by atoms with van der Waals surface area (Å²) in [5.41, 5.74) is 4.91. The van der Waals surface area contributed by atoms with Crippen LogP contribution in [0.25, 0.3) is 16.0 Å². The van der Waals surface area contributed by atoms with Crippen molar-refractivity contribution in [2.24, 2.45) is 5.92 Å². The van der Waals surface area contributed by atoms with E-state index in [0.717, 1.165) is 33.3 Å². The largest absolute Gasteiger partial charge is 0.507 e. The number of benzene rings is 3. The number of hydrogen-bond donors (Lipinski definition) is 1. The van der Waals surface area contributed by atoms with Crippen LogP contribution in [0.3, 0.4) is 0 Å². The SMILES string of the molecule is COc1cc(C2C(=C(O)c3ccc(C)cc3)C(=O)C(=O)N2c2nc3c(C)cc(C)cc3s2)ccc1OCCC(C)C. The summed E-state index contributed by atoms with van der Waals surface area (Å²) >= 11 is 1.35. The average Bonchev–Trinajstić information content (AvgIpc) is 3.47. The van der Waals surface area contributed by atoms with Crippen LogP contribution in [-0.4, -0.2) is 35.5 Å². The smallest absolute Gasteiger partial charge is 0.301 e. The highest BCUT2D eigenvalue weighted by atomic mass is 32.1. The lowest BCUT2D eigenvalue weighted by atomic mass is 9.95. The van der Waals surface area contributed by atoms with E-state index in [0.29, 0.717) is 40.3 Å². The molecule has 1 atom stereocenters. The number of anilines is 1. The number of carbonyl (C=O) groups excluding carboxylic acids is 2. The Morgan fingerprint density at radius 1 is 1.00 bits per heavy atom. The molecule has 3 aromatic carbocycles. The van der Waals surface area contributed by atoms with Gasteiger partial charge in [-0.2, -0.15) is 0 Å². The quantitative estimate of drug-likeness (QED) is 0.136. The molecule has 8 heteroatoms. The molecule has 1 aromatic heterocycles. The predicted molar refractivity (Wildman–Crippen MR) is 163 cm³/mol. The van der Waals surface area contributed by atoms with Crippen molar-refractivity contribution in [1.82, 2.24) is 4.98 Å². The predicted octanol–water partition coefficient (Wildman–Crippen LogP) is 7.28. The van der Waals surface area contributed by atoms with Crippen molar-refractivity contribution in [2.75, 3.05) is 18.6 Å². The number of methoxy groups -OCH3 is 1. The molecule has 0 bridgehead atoms. The van der Waals surface area contributed by atoms with Crippen LogP contribution >= 0.6 is 11.3 Å². The Kier molecular flexibility index (Phi) is 7.87. The number of Topliss-reactive ketones (excluding diaryl/α,β-unsaturated/α-hetero) is 1. The Bertz CT molecular complexity index is 1670. The molecule has 0 spiro atoms. The van der Waals surface area contributed by atoms with Gasteiger partial charge >= 0.3 is 5.91 Å². The summed E-state index contributed by atoms with van der Waals surface area (Å²) in [4.78, 5) is 33.5. The molecule has 1 aliphatic heterocycles. The minimum Gasteiger partial charge on any atom is -0.507 e. The van der Waals surface area contributed by atoms with Crippen molar-refractivity contribution in [2.45, 2.75) is 47.1 Å². The Balaban J connectivity index is 1.68. The number of carbonyl (C=O) groups is 2. The lowest BCUT2D eigenvalue weighted by molar-refractivity contribution is -0.132. The second-order valence-electron chi connectivity index (χ2n) is 10.9. The average molecular weight is 571 g/mol. The van der Waals surface area contributed by atoms with Crippen LogP contribution in [0, 0.1) is 26.7 Å². The summed E-state index contributed by atoms with van der Waals surface area (Å²) in [6.07, 6.45) is 0.887. The first-order chi connectivity index (χ1) is 19.6. The maximum atomic E-state index is 13.7. The molecular formula is C33H34N2O5S. The molecule has 1 saturated heterocycles. The standard InChI is InChI=1S/C33H34N2O5S/c1-18(2)13-14-40-24-12-11-23(17-25(24)39-6)29-27(30(36)22-9-7-19(3)8-10-22)31(37)32(38)35(29)33-34-28-21(5)15-20(4)16-26(28)41-33/h7-12,15-18,29,36H,13-14H2,1-6H3. The van der Waals surface area contributed by atoms with Gasteiger partial charge in [0, 0.05) is 5.56 Å². The van der Waals surface area contributed by atoms with Gasteiger partial charge in [0.1, 0.15) is 5.76 Å². The van der Waals surface area contributed by atoms with Gasteiger partial charge in [-0.3, -0.25) is 14.5 Å². The van der Waals surface area contributed by atoms with Crippen molar-refractivity contribution in [1.29, 1.82) is 0 Å². The van der Waals surface area contributed by atoms with E-state index < -0.39 is 17.7 Å². The number of aromatic nitrogens is 1. The molecule has 0 saturated carbocycles. The summed E-state index contributed by atoms with van der Waals surface area (Å²) in [5.74, 6) is -0.213. The van der Waals surface area contributed by atoms with Crippen LogP contribution in [0.2, 0.25) is 0 Å². The molecule has 1 fully saturated rings. The maximum absolute atomic E-state index is 13.7. The number of fused-ring (bicyclic) bond motifs is 1. The Morgan fingerprint density at radius 2 is 1.73 bits per heavy atom. The molecular weight excluding hydrogens is 536 g/mol. The lowest BCUT2D eigenvalue weighted by Crippen LogP contribution is -2.29. The first-order valence-corrected chi connectivity index (χ1v) is 14.5. The number of ether oxygens (including phenoxy) is 2. The second-order valence-corrected chi connectivity index (χ2v) is 11.9. The van der Waals surface area contributed by atoms with Gasteiger partial charge < -0.3 is 14.6 Å². The van der Waals surface area contributed by atoms with Gasteiger partial charge in [-0.15, -0.1) is 0 Å². The zero-order valence-electron chi connectivity index (χ0n) is 24.1. The maximum Gasteiger partial charge on any atom is 0.301 e. The minimum atomic E-state index is -0.920. The second kappa shape index (κ2) is 11.4. The third kappa shape index (κ3) is 5.44. The summed E-state index contributed by atoms with van der Waals surface area (Å²) < 4.78 is 12.6. The van der Waals surface area contributed by atoms with E-state index in [9.17, 15) is 14.7 Å². The van der Waals surface area contributed by atoms with Gasteiger partial charge in [0.2, 0.25) is 0 Å². The topological polar surface area (TPSA) is 89.0 Å². The number of hydrogen-bond acceptors (Lipinski definition) is 7. The number of rotatable bonds is 8. The molecule has 1 N–H and O–H groups in total. The molecule has 41 heavy (non-hydrogen) atoms. The van der Waals surface area contributed by atoms with Crippen molar-refractivity contribution in [3.63, 3.8) is 0 Å². The first-order valence-electron chi connectivity index (χ1n) is 13.7. The van der Waals surface area contributed by atoms with Gasteiger partial charge in [-0.1, -0.05) is 67.1 Å². The van der Waals surface area contributed by atoms with E-state index in [1.54, 1.807) is 31.4 Å². The number of ketones is 1. The van der Waals surface area contributed by atoms with E-state index in [-0.39, 0.29) is 11.3 Å². The van der Waals surface area contributed by atoms with Gasteiger partial charge in [0.15, 0.2) is 16.6 Å². The summed E-state index contributed by atoms with van der Waals surface area (Å²) in [5, 5.41) is 11.9. The fraction of sp³-hybridized carbons (Fsp3) is 0.303. The zero-order chi connectivity index (χ0) is 29.4. The molecule has 1 aliphatic rings. The monoisotopic (exact) mass is 570 g/mol. The number of aliphatic hydroxyl groups is 1. The van der Waals surface area contributed by atoms with E-state index in [1.165, 1.54) is 16.2 Å². The minimum absolute atomic E-state index is 0.00143. The van der Waals surface area contributed by atoms with Crippen LogP contribution in [0.5, 0.6) is 11.5 Å². The summed E-state index contributed by atoms with van der Waals surface area (Å²) in [6.45, 7) is 10.7. The van der Waals surface area contributed by atoms with Crippen molar-refractivity contribution in [3.8, 4) is 11.5 Å². The van der Waals surface area contributed by atoms with Gasteiger partial charge in [-0.25, -0.2) is 4.98 Å². The van der Waals surface area contributed by atoms with E-state index in [2.05, 4.69) is 13.8 Å². The Labute approximate surface area is 244 Å². The number of nitrogens with zero attached hydrogens (tertiary/aromatic N) is 2. The normalized spacial score (nSPS) is 16.7. The molecule has 7 nitrogen and oxygen atoms in total. The molecule has 0 aliphatic carbocycles. The van der Waals surface area contributed by atoms with Gasteiger partial charge in [-0.05, 0) is 68.0 Å². The third-order valence-electron chi connectivity index (χ3n) is 7.25. The molecule has 5 rings (SSSR count). The summed E-state index contributed by atoms with van der Waals surface area (Å²) in [7, 11) is 1.55. The first kappa shape index (κ1) is 28.4. The van der Waals surface area contributed by atoms with Gasteiger partial charge in [0.05, 0.1) is 35.5 Å². The van der Waals surface area contributed by atoms with Crippen LogP contribution < -0.4 is 14.4 Å². The molecule has 212 valence electrons.